The maximum absolute atomic E-state index is 14.2. The number of ether oxygens (including phenoxy) is 2. The molecule has 6 bridgehead atoms. The number of hydrogen-bond donors (Lipinski definition) is 2. The number of aromatic nitrogens is 1. The molecule has 1 saturated carbocycles. The topological polar surface area (TPSA) is 127 Å². The summed E-state index contributed by atoms with van der Waals surface area (Å²) in [6.45, 7) is 22.3. The van der Waals surface area contributed by atoms with Crippen LogP contribution in [0.1, 0.15) is 97.5 Å². The molecule has 1 unspecified atom stereocenters. The van der Waals surface area contributed by atoms with Crippen LogP contribution in [-0.2, 0) is 36.8 Å². The molecule has 2 amide bonds. The molecule has 1 aromatic heterocycles. The molecular formula is C43H60N6O5S. The van der Waals surface area contributed by atoms with Gasteiger partial charge < -0.3 is 19.4 Å². The van der Waals surface area contributed by atoms with Crippen molar-refractivity contribution in [2.45, 2.75) is 112 Å². The normalized spacial score (nSPS) is 28.1. The number of nitrogens with one attached hydrogen (secondary N) is 2. The number of esters is 1. The first kappa shape index (κ1) is 40.9. The van der Waals surface area contributed by atoms with Crippen LogP contribution >= 0.6 is 11.8 Å². The number of aliphatic imine (C=N–C) groups is 2. The molecule has 2 fully saturated rings. The number of amides is 2. The van der Waals surface area contributed by atoms with Crippen molar-refractivity contribution in [1.82, 2.24) is 20.3 Å². The average molecular weight is 773 g/mol. The van der Waals surface area contributed by atoms with Crippen LogP contribution in [0.3, 0.4) is 0 Å². The highest BCUT2D eigenvalue weighted by molar-refractivity contribution is 8.14. The van der Waals surface area contributed by atoms with Crippen LogP contribution in [-0.4, -0.2) is 82.8 Å². The van der Waals surface area contributed by atoms with Crippen molar-refractivity contribution < 1.29 is 23.9 Å². The summed E-state index contributed by atoms with van der Waals surface area (Å²) < 4.78 is 14.2. The largest absolute Gasteiger partial charge is 0.464 e. The molecule has 1 saturated heterocycles. The zero-order chi connectivity index (χ0) is 39.8. The fraction of sp³-hybridized carbons (Fsp3) is 0.605. The summed E-state index contributed by atoms with van der Waals surface area (Å²) in [6, 6.07) is 5.00. The Morgan fingerprint density at radius 1 is 1.27 bits per heavy atom. The molecule has 12 heteroatoms. The Hall–Kier alpha value is -3.74. The second-order valence-electron chi connectivity index (χ2n) is 16.7. The third kappa shape index (κ3) is 8.37. The number of carbonyl (C=O) groups excluding carboxylic acids is 3. The Bertz CT molecular complexity index is 1910. The van der Waals surface area contributed by atoms with E-state index in [1.54, 1.807) is 25.1 Å². The Labute approximate surface area is 330 Å². The van der Waals surface area contributed by atoms with Crippen molar-refractivity contribution in [2.75, 3.05) is 26.0 Å². The van der Waals surface area contributed by atoms with Gasteiger partial charge in [0.1, 0.15) is 12.1 Å². The molecule has 0 spiro atoms. The molecule has 0 radical (unpaired) electrons. The standard InChI is InChI=1S/C43H60N6O5S/c1-11-28(38(44-12-2)26(7)53-10)39-30-21-43(8,9)23-54-42(52)31-15-14-18-49(47-31)41(51)32(46-40(50)37-25(6)36(37)24(4)5)20-35-45-33(22-55-35)27-16-17-34(29(30)19-27)48(39)13-3/h11-12,16-17,19,24-26,31-33,36-37,47H,1,13-15,18,20-23H2,2-10H3,(H,46,50)/b38-28+,44-12?/t25-,26+,31+,32+,33?,36+,37-/m1/s1. The van der Waals surface area contributed by atoms with Crippen LogP contribution in [0.5, 0.6) is 0 Å². The van der Waals surface area contributed by atoms with E-state index in [1.807, 2.05) is 19.9 Å². The SMILES string of the molecule is C=C/C(=C(\N=CC)[C@H](C)OC)c1c2c3cc(ccc3n1CC)C1CSC(=N1)C[C@H](NC(=O)[C@@H]1[C@H](C)[C@@H]1C(C)C)C(=O)N1CCC[C@H](N1)C(=O)OCC(C)(C)C2. The summed E-state index contributed by atoms with van der Waals surface area (Å²) in [7, 11) is 1.69. The maximum atomic E-state index is 14.2. The van der Waals surface area contributed by atoms with Gasteiger partial charge >= 0.3 is 5.97 Å². The highest BCUT2D eigenvalue weighted by Crippen LogP contribution is 2.51. The predicted molar refractivity (Wildman–Crippen MR) is 222 cm³/mol. The van der Waals surface area contributed by atoms with Gasteiger partial charge in [-0.05, 0) is 81.0 Å². The first-order chi connectivity index (χ1) is 26.2. The molecule has 298 valence electrons. The second kappa shape index (κ2) is 16.8. The minimum absolute atomic E-state index is 0.0862. The first-order valence-electron chi connectivity index (χ1n) is 20.0. The van der Waals surface area contributed by atoms with Crippen molar-refractivity contribution in [3.05, 3.63) is 53.4 Å². The molecule has 4 heterocycles. The smallest absolute Gasteiger partial charge is 0.324 e. The molecule has 2 aromatic rings. The number of fused-ring (bicyclic) bond motifs is 5. The summed E-state index contributed by atoms with van der Waals surface area (Å²) in [6.07, 6.45) is 5.46. The molecule has 55 heavy (non-hydrogen) atoms. The average Bonchev–Trinajstić information content (AvgIpc) is 3.48. The van der Waals surface area contributed by atoms with Crippen molar-refractivity contribution >= 4 is 57.3 Å². The molecular weight excluding hydrogens is 713 g/mol. The Morgan fingerprint density at radius 3 is 2.69 bits per heavy atom. The van der Waals surface area contributed by atoms with Crippen molar-refractivity contribution in [3.8, 4) is 0 Å². The molecule has 2 N–H and O–H groups in total. The monoisotopic (exact) mass is 772 g/mol. The summed E-state index contributed by atoms with van der Waals surface area (Å²) in [5, 5.41) is 6.60. The van der Waals surface area contributed by atoms with E-state index in [2.05, 4.69) is 81.6 Å². The number of hydrazine groups is 1. The van der Waals surface area contributed by atoms with Gasteiger partial charge in [0, 0.05) is 66.4 Å². The highest BCUT2D eigenvalue weighted by atomic mass is 32.2. The van der Waals surface area contributed by atoms with E-state index in [-0.39, 0.29) is 48.8 Å². The van der Waals surface area contributed by atoms with E-state index in [4.69, 9.17) is 19.5 Å². The summed E-state index contributed by atoms with van der Waals surface area (Å²) in [5.74, 6) is 0.824. The summed E-state index contributed by atoms with van der Waals surface area (Å²) in [4.78, 5) is 51.6. The van der Waals surface area contributed by atoms with Gasteiger partial charge in [0.15, 0.2) is 0 Å². The molecule has 3 aliphatic heterocycles. The third-order valence-electron chi connectivity index (χ3n) is 11.9. The van der Waals surface area contributed by atoms with Crippen molar-refractivity contribution in [3.63, 3.8) is 0 Å². The lowest BCUT2D eigenvalue weighted by molar-refractivity contribution is -0.155. The molecule has 1 aliphatic carbocycles. The number of allylic oxidation sites excluding steroid dienone is 2. The van der Waals surface area contributed by atoms with Crippen molar-refractivity contribution in [2.24, 2.45) is 39.1 Å². The minimum Gasteiger partial charge on any atom is -0.464 e. The van der Waals surface area contributed by atoms with Gasteiger partial charge in [-0.3, -0.25) is 29.4 Å². The molecule has 4 aliphatic rings. The highest BCUT2D eigenvalue weighted by Gasteiger charge is 2.53. The lowest BCUT2D eigenvalue weighted by atomic mass is 9.84. The van der Waals surface area contributed by atoms with Crippen molar-refractivity contribution in [1.29, 1.82) is 0 Å². The zero-order valence-electron chi connectivity index (χ0n) is 34.1. The van der Waals surface area contributed by atoms with Gasteiger partial charge in [0.2, 0.25) is 5.91 Å². The molecule has 11 nitrogen and oxygen atoms in total. The second-order valence-corrected chi connectivity index (χ2v) is 17.8. The minimum atomic E-state index is -0.813. The summed E-state index contributed by atoms with van der Waals surface area (Å²) >= 11 is 1.64. The quantitative estimate of drug-likeness (QED) is 0.161. The number of hydrogen-bond acceptors (Lipinski definition) is 9. The Kier molecular flexibility index (Phi) is 12.5. The van der Waals surface area contributed by atoms with E-state index in [0.29, 0.717) is 44.2 Å². The molecule has 6 rings (SSSR count). The van der Waals surface area contributed by atoms with Gasteiger partial charge in [-0.25, -0.2) is 5.43 Å². The van der Waals surface area contributed by atoms with Crippen LogP contribution < -0.4 is 10.7 Å². The van der Waals surface area contributed by atoms with E-state index in [9.17, 15) is 14.4 Å². The number of nitrogens with zero attached hydrogens (tertiary/aromatic N) is 4. The van der Waals surface area contributed by atoms with Gasteiger partial charge in [0.05, 0.1) is 35.2 Å². The Balaban J connectivity index is 1.47. The number of aryl methyl sites for hydroxylation is 1. The van der Waals surface area contributed by atoms with Crippen LogP contribution in [0.2, 0.25) is 0 Å². The van der Waals surface area contributed by atoms with Crippen LogP contribution in [0.25, 0.3) is 16.5 Å². The number of methoxy groups -OCH3 is 1. The lowest BCUT2D eigenvalue weighted by Crippen LogP contribution is -2.60. The van der Waals surface area contributed by atoms with Gasteiger partial charge in [-0.15, -0.1) is 11.8 Å². The fourth-order valence-corrected chi connectivity index (χ4v) is 10.0. The zero-order valence-corrected chi connectivity index (χ0v) is 34.9. The first-order valence-corrected chi connectivity index (χ1v) is 21.0. The number of benzene rings is 1. The predicted octanol–water partition coefficient (Wildman–Crippen LogP) is 6.90. The molecule has 7 atom stereocenters. The number of thioether (sulfide) groups is 1. The van der Waals surface area contributed by atoms with Gasteiger partial charge in [-0.2, -0.15) is 0 Å². The van der Waals surface area contributed by atoms with Gasteiger partial charge in [0.25, 0.3) is 5.91 Å². The Morgan fingerprint density at radius 2 is 2.04 bits per heavy atom. The van der Waals surface area contributed by atoms with Crippen LogP contribution in [0.4, 0.5) is 0 Å². The summed E-state index contributed by atoms with van der Waals surface area (Å²) in [5.41, 5.74) is 8.74. The molecule has 1 aromatic carbocycles. The number of rotatable bonds is 9. The van der Waals surface area contributed by atoms with E-state index in [1.165, 1.54) is 5.01 Å². The maximum Gasteiger partial charge on any atom is 0.324 e. The van der Waals surface area contributed by atoms with E-state index < -0.39 is 23.5 Å². The van der Waals surface area contributed by atoms with E-state index >= 15 is 0 Å². The number of cyclic esters (lactones) is 1. The van der Waals surface area contributed by atoms with E-state index in [0.717, 1.165) is 49.8 Å². The van der Waals surface area contributed by atoms with Crippen LogP contribution in [0, 0.1) is 29.1 Å². The van der Waals surface area contributed by atoms with Gasteiger partial charge in [-0.1, -0.05) is 53.3 Å². The van der Waals surface area contributed by atoms with Crippen LogP contribution in [0.15, 0.2) is 46.5 Å². The lowest BCUT2D eigenvalue weighted by Gasteiger charge is -2.35. The fourth-order valence-electron chi connectivity index (χ4n) is 8.91. The number of carbonyl (C=O) groups is 3. The third-order valence-corrected chi connectivity index (χ3v) is 12.9.